The van der Waals surface area contributed by atoms with Crippen LogP contribution in [0.15, 0.2) is 0 Å². The molecule has 8 nitrogen and oxygen atoms in total. The Bertz CT molecular complexity index is 1460. The third kappa shape index (κ3) is 4.18. The molecule has 0 unspecified atom stereocenters. The zero-order chi connectivity index (χ0) is 37.0. The molecule has 2 N–H and O–H groups in total. The van der Waals surface area contributed by atoms with E-state index >= 15 is 0 Å². The van der Waals surface area contributed by atoms with E-state index in [0.29, 0.717) is 59.9 Å². The predicted molar refractivity (Wildman–Crippen MR) is 193 cm³/mol. The SMILES string of the molecule is C[C@H](C(=O)O)[C@H]1CC[C@H]2[C@@H]3CC[C@@H]4C[C@H]5CC[C@]4(C)[C@@]3(O5)C(=O)C[C@]12C.C[C@H](C(=O)O)[C@H]1CC[C@H]2[C@@H]3CC[C@@H]4C[C@H]5CC[C@]4(C)[C@@]3(O5)C(=O)C[C@]12C. The highest BCUT2D eigenvalue weighted by atomic mass is 16.5. The van der Waals surface area contributed by atoms with E-state index in [0.717, 1.165) is 77.0 Å². The molecule has 52 heavy (non-hydrogen) atoms. The fourth-order valence-corrected chi connectivity index (χ4v) is 17.3. The lowest BCUT2D eigenvalue weighted by Gasteiger charge is -2.70. The van der Waals surface area contributed by atoms with Gasteiger partial charge < -0.3 is 19.7 Å². The lowest BCUT2D eigenvalue weighted by atomic mass is 9.40. The van der Waals surface area contributed by atoms with Crippen molar-refractivity contribution in [1.29, 1.82) is 0 Å². The number of carboxylic acid groups (broad SMARTS) is 2. The fraction of sp³-hybridized carbons (Fsp3) is 0.909. The molecule has 0 radical (unpaired) electrons. The maximum atomic E-state index is 13.8. The number of carbonyl (C=O) groups excluding carboxylic acids is 2. The molecule has 288 valence electrons. The molecule has 0 aromatic rings. The Hall–Kier alpha value is -1.80. The number of Topliss-reactive ketones (excluding diaryl/α,β-unsaturated/α-hetero) is 2. The van der Waals surface area contributed by atoms with E-state index in [1.54, 1.807) is 0 Å². The number of ether oxygens (including phenoxy) is 2. The third-order valence-electron chi connectivity index (χ3n) is 19.8. The summed E-state index contributed by atoms with van der Waals surface area (Å²) in [5, 5.41) is 19.2. The van der Waals surface area contributed by atoms with Gasteiger partial charge in [-0.2, -0.15) is 0 Å². The molecule has 4 saturated heterocycles. The number of carboxylic acids is 2. The number of carbonyl (C=O) groups is 4. The van der Waals surface area contributed by atoms with Gasteiger partial charge in [0, 0.05) is 23.7 Å². The summed E-state index contributed by atoms with van der Waals surface area (Å²) in [6.45, 7) is 12.8. The summed E-state index contributed by atoms with van der Waals surface area (Å²) >= 11 is 0. The van der Waals surface area contributed by atoms with Crippen LogP contribution in [-0.4, -0.2) is 57.1 Å². The van der Waals surface area contributed by atoms with E-state index in [2.05, 4.69) is 27.7 Å². The van der Waals surface area contributed by atoms with Crippen molar-refractivity contribution in [3.05, 3.63) is 0 Å². The molecule has 4 heterocycles. The minimum atomic E-state index is -0.715. The second kappa shape index (κ2) is 11.4. The molecule has 8 aliphatic carbocycles. The molecule has 8 heteroatoms. The van der Waals surface area contributed by atoms with E-state index in [9.17, 15) is 29.4 Å². The third-order valence-corrected chi connectivity index (χ3v) is 19.8. The van der Waals surface area contributed by atoms with Gasteiger partial charge in [0.15, 0.2) is 11.6 Å². The van der Waals surface area contributed by atoms with Crippen LogP contribution in [0.1, 0.15) is 144 Å². The monoisotopic (exact) mass is 720 g/mol. The highest BCUT2D eigenvalue weighted by Gasteiger charge is 2.76. The van der Waals surface area contributed by atoms with Crippen molar-refractivity contribution in [3.8, 4) is 0 Å². The summed E-state index contributed by atoms with van der Waals surface area (Å²) in [5.74, 6) is 1.39. The summed E-state index contributed by atoms with van der Waals surface area (Å²) in [5.41, 5.74) is -1.48. The van der Waals surface area contributed by atoms with Crippen LogP contribution < -0.4 is 0 Å². The number of hydrogen-bond acceptors (Lipinski definition) is 6. The van der Waals surface area contributed by atoms with Gasteiger partial charge in [-0.3, -0.25) is 19.2 Å². The van der Waals surface area contributed by atoms with Crippen LogP contribution in [-0.2, 0) is 28.7 Å². The Balaban J connectivity index is 0.000000138. The Kier molecular flexibility index (Phi) is 7.85. The molecule has 12 aliphatic rings. The summed E-state index contributed by atoms with van der Waals surface area (Å²) in [4.78, 5) is 50.9. The van der Waals surface area contributed by atoms with Crippen molar-refractivity contribution in [2.45, 2.75) is 168 Å². The molecule has 12 fully saturated rings. The quantitative estimate of drug-likeness (QED) is 0.298. The predicted octanol–water partition coefficient (Wildman–Crippen LogP) is 8.13. The molecule has 0 aromatic heterocycles. The van der Waals surface area contributed by atoms with Crippen LogP contribution in [0.5, 0.6) is 0 Å². The Morgan fingerprint density at radius 1 is 0.577 bits per heavy atom. The van der Waals surface area contributed by atoms with Gasteiger partial charge in [-0.15, -0.1) is 0 Å². The molecule has 8 saturated carbocycles. The van der Waals surface area contributed by atoms with Crippen LogP contribution in [0.25, 0.3) is 0 Å². The highest BCUT2D eigenvalue weighted by Crippen LogP contribution is 2.74. The Labute approximate surface area is 310 Å². The summed E-state index contributed by atoms with van der Waals surface area (Å²) in [7, 11) is 0. The van der Waals surface area contributed by atoms with Gasteiger partial charge in [0.05, 0.1) is 24.0 Å². The Morgan fingerprint density at radius 3 is 1.31 bits per heavy atom. The van der Waals surface area contributed by atoms with Crippen molar-refractivity contribution in [2.75, 3.05) is 0 Å². The van der Waals surface area contributed by atoms with Crippen LogP contribution in [0, 0.1) is 80.8 Å². The van der Waals surface area contributed by atoms with E-state index in [1.165, 1.54) is 12.8 Å². The molecule has 0 aromatic carbocycles. The first kappa shape index (κ1) is 35.9. The average molecular weight is 721 g/mol. The highest BCUT2D eigenvalue weighted by molar-refractivity contribution is 5.92. The topological polar surface area (TPSA) is 127 Å². The fourth-order valence-electron chi connectivity index (χ4n) is 17.3. The van der Waals surface area contributed by atoms with Crippen molar-refractivity contribution in [1.82, 2.24) is 0 Å². The second-order valence-corrected chi connectivity index (χ2v) is 21.1. The zero-order valence-electron chi connectivity index (χ0n) is 32.6. The number of aliphatic carboxylic acids is 2. The largest absolute Gasteiger partial charge is 0.481 e. The minimum absolute atomic E-state index is 0.000416. The first-order valence-corrected chi connectivity index (χ1v) is 21.4. The van der Waals surface area contributed by atoms with Gasteiger partial charge in [-0.05, 0) is 148 Å². The summed E-state index contributed by atoms with van der Waals surface area (Å²) in [6.07, 6.45) is 17.0. The van der Waals surface area contributed by atoms with Crippen LogP contribution in [0.4, 0.5) is 0 Å². The van der Waals surface area contributed by atoms with Gasteiger partial charge in [0.25, 0.3) is 0 Å². The molecular formula is C44H64O8. The molecular weight excluding hydrogens is 656 g/mol. The lowest BCUT2D eigenvalue weighted by Crippen LogP contribution is -2.75. The zero-order valence-corrected chi connectivity index (χ0v) is 32.6. The van der Waals surface area contributed by atoms with E-state index in [1.807, 2.05) is 13.8 Å². The van der Waals surface area contributed by atoms with Gasteiger partial charge in [-0.1, -0.05) is 41.5 Å². The van der Waals surface area contributed by atoms with Gasteiger partial charge in [0.1, 0.15) is 11.2 Å². The second-order valence-electron chi connectivity index (χ2n) is 21.1. The van der Waals surface area contributed by atoms with Gasteiger partial charge in [0.2, 0.25) is 0 Å². The average Bonchev–Trinajstić information content (AvgIpc) is 3.59. The molecule has 12 rings (SSSR count). The van der Waals surface area contributed by atoms with Crippen molar-refractivity contribution >= 4 is 23.5 Å². The van der Waals surface area contributed by atoms with Crippen molar-refractivity contribution in [2.24, 2.45) is 80.8 Å². The van der Waals surface area contributed by atoms with Crippen molar-refractivity contribution < 1.29 is 38.9 Å². The number of rotatable bonds is 4. The summed E-state index contributed by atoms with van der Waals surface area (Å²) < 4.78 is 13.4. The van der Waals surface area contributed by atoms with Crippen LogP contribution >= 0.6 is 0 Å². The lowest BCUT2D eigenvalue weighted by molar-refractivity contribution is -0.307. The molecule has 4 aliphatic heterocycles. The number of fused-ring (bicyclic) bond motifs is 6. The van der Waals surface area contributed by atoms with E-state index < -0.39 is 23.1 Å². The normalized spacial score (nSPS) is 56.0. The molecule has 0 amide bonds. The van der Waals surface area contributed by atoms with Gasteiger partial charge >= 0.3 is 11.9 Å². The van der Waals surface area contributed by atoms with E-state index in [4.69, 9.17) is 9.47 Å². The van der Waals surface area contributed by atoms with Crippen LogP contribution in [0.2, 0.25) is 0 Å². The van der Waals surface area contributed by atoms with E-state index in [-0.39, 0.29) is 57.5 Å². The van der Waals surface area contributed by atoms with Crippen molar-refractivity contribution in [3.63, 3.8) is 0 Å². The standard InChI is InChI=1S/2C22H32O4/c2*1-12(19(24)25)15-6-7-16-17-5-4-13-10-14-8-9-21(13,3)22(17,26-14)18(23)11-20(15,16)2/h2*12-17H,4-11H2,1-3H3,(H,24,25)/t2*12-,13+,14+,15+,16-,17-,20+,21-,22-/m00/s1. The van der Waals surface area contributed by atoms with Gasteiger partial charge in [-0.25, -0.2) is 0 Å². The number of hydrogen-bond donors (Lipinski definition) is 2. The van der Waals surface area contributed by atoms with Crippen LogP contribution in [0.3, 0.4) is 0 Å². The summed E-state index contributed by atoms with van der Waals surface area (Å²) in [6, 6.07) is 0. The minimum Gasteiger partial charge on any atom is -0.481 e. The molecule has 8 bridgehead atoms. The molecule has 2 spiro atoms. The number of ketones is 2. The first-order chi connectivity index (χ1) is 24.5. The smallest absolute Gasteiger partial charge is 0.306 e. The Morgan fingerprint density at radius 2 is 0.942 bits per heavy atom. The molecule has 18 atom stereocenters. The maximum absolute atomic E-state index is 13.8. The maximum Gasteiger partial charge on any atom is 0.306 e. The first-order valence-electron chi connectivity index (χ1n) is 21.4.